The first-order chi connectivity index (χ1) is 9.94. The maximum atomic E-state index is 12.0. The molecule has 1 aromatic carbocycles. The summed E-state index contributed by atoms with van der Waals surface area (Å²) in [7, 11) is 0. The van der Waals surface area contributed by atoms with Crippen molar-refractivity contribution in [3.05, 3.63) is 28.8 Å². The molecule has 1 aromatic rings. The molecule has 21 heavy (non-hydrogen) atoms. The van der Waals surface area contributed by atoms with E-state index in [1.165, 1.54) is 0 Å². The molecule has 1 fully saturated rings. The van der Waals surface area contributed by atoms with Crippen LogP contribution in [0.25, 0.3) is 0 Å². The number of nitrogens with one attached hydrogen (secondary N) is 1. The van der Waals surface area contributed by atoms with Crippen LogP contribution < -0.4 is 5.32 Å². The quantitative estimate of drug-likeness (QED) is 0.876. The molecular weight excluding hydrogens is 292 g/mol. The smallest absolute Gasteiger partial charge is 0.303 e. The van der Waals surface area contributed by atoms with Crippen LogP contribution in [-0.2, 0) is 9.59 Å². The van der Waals surface area contributed by atoms with Gasteiger partial charge in [0.05, 0.1) is 17.3 Å². The molecule has 2 rings (SSSR count). The number of carbonyl (C=O) groups is 2. The lowest BCUT2D eigenvalue weighted by Crippen LogP contribution is -2.31. The van der Waals surface area contributed by atoms with E-state index in [1.54, 1.807) is 12.1 Å². The van der Waals surface area contributed by atoms with Crippen molar-refractivity contribution in [1.29, 1.82) is 0 Å². The Morgan fingerprint density at radius 1 is 1.48 bits per heavy atom. The number of carboxylic acid groups (broad SMARTS) is 1. The summed E-state index contributed by atoms with van der Waals surface area (Å²) in [4.78, 5) is 24.7. The van der Waals surface area contributed by atoms with Crippen molar-refractivity contribution in [1.82, 2.24) is 4.90 Å². The minimum Gasteiger partial charge on any atom is -0.481 e. The van der Waals surface area contributed by atoms with Crippen molar-refractivity contribution < 1.29 is 14.7 Å². The van der Waals surface area contributed by atoms with Crippen molar-refractivity contribution in [3.63, 3.8) is 0 Å². The zero-order valence-corrected chi connectivity index (χ0v) is 12.7. The average molecular weight is 311 g/mol. The van der Waals surface area contributed by atoms with Gasteiger partial charge in [-0.05, 0) is 43.5 Å². The van der Waals surface area contributed by atoms with Gasteiger partial charge in [-0.1, -0.05) is 17.7 Å². The fourth-order valence-corrected chi connectivity index (χ4v) is 2.87. The van der Waals surface area contributed by atoms with Crippen LogP contribution in [0, 0.1) is 12.8 Å². The van der Waals surface area contributed by atoms with Crippen LogP contribution in [0.15, 0.2) is 18.2 Å². The lowest BCUT2D eigenvalue weighted by molar-refractivity contribution is -0.138. The second-order valence-electron chi connectivity index (χ2n) is 5.52. The van der Waals surface area contributed by atoms with Gasteiger partial charge in [0.15, 0.2) is 0 Å². The molecule has 1 atom stereocenters. The van der Waals surface area contributed by atoms with E-state index < -0.39 is 5.97 Å². The number of nitrogens with zero attached hydrogens (tertiary/aromatic N) is 1. The van der Waals surface area contributed by atoms with E-state index in [4.69, 9.17) is 16.7 Å². The second-order valence-corrected chi connectivity index (χ2v) is 5.93. The van der Waals surface area contributed by atoms with E-state index >= 15 is 0 Å². The van der Waals surface area contributed by atoms with Gasteiger partial charge in [-0.25, -0.2) is 0 Å². The Labute approximate surface area is 128 Å². The molecule has 5 nitrogen and oxygen atoms in total. The van der Waals surface area contributed by atoms with E-state index in [-0.39, 0.29) is 24.8 Å². The highest BCUT2D eigenvalue weighted by molar-refractivity contribution is 6.33. The SMILES string of the molecule is Cc1ccc(NC(=O)CN2CCC(CC(=O)O)C2)c(Cl)c1. The summed E-state index contributed by atoms with van der Waals surface area (Å²) in [6, 6.07) is 5.48. The Morgan fingerprint density at radius 3 is 2.90 bits per heavy atom. The third kappa shape index (κ3) is 4.72. The molecule has 6 heteroatoms. The number of carbonyl (C=O) groups excluding carboxylic acids is 1. The number of aryl methyl sites for hydroxylation is 1. The highest BCUT2D eigenvalue weighted by atomic mass is 35.5. The van der Waals surface area contributed by atoms with Crippen LogP contribution in [0.3, 0.4) is 0 Å². The van der Waals surface area contributed by atoms with Gasteiger partial charge < -0.3 is 10.4 Å². The van der Waals surface area contributed by atoms with E-state index in [1.807, 2.05) is 17.9 Å². The summed E-state index contributed by atoms with van der Waals surface area (Å²) < 4.78 is 0. The Hall–Kier alpha value is -1.59. The van der Waals surface area contributed by atoms with Gasteiger partial charge in [-0.2, -0.15) is 0 Å². The average Bonchev–Trinajstić information content (AvgIpc) is 2.79. The summed E-state index contributed by atoms with van der Waals surface area (Å²) in [5.41, 5.74) is 1.64. The Kier molecular flexibility index (Phi) is 5.20. The predicted octanol–water partition coefficient (Wildman–Crippen LogP) is 2.38. The summed E-state index contributed by atoms with van der Waals surface area (Å²) in [5, 5.41) is 12.1. The number of rotatable bonds is 5. The topological polar surface area (TPSA) is 69.6 Å². The molecule has 0 bridgehead atoms. The third-order valence-electron chi connectivity index (χ3n) is 3.60. The van der Waals surface area contributed by atoms with Crippen LogP contribution >= 0.6 is 11.6 Å². The molecule has 1 saturated heterocycles. The molecule has 1 heterocycles. The molecular formula is C15H19ClN2O3. The lowest BCUT2D eigenvalue weighted by atomic mass is 10.1. The summed E-state index contributed by atoms with van der Waals surface area (Å²) in [5.74, 6) is -0.771. The van der Waals surface area contributed by atoms with Gasteiger partial charge in [0.1, 0.15) is 0 Å². The molecule has 0 radical (unpaired) electrons. The number of benzene rings is 1. The van der Waals surface area contributed by atoms with Gasteiger partial charge in [-0.3, -0.25) is 14.5 Å². The highest BCUT2D eigenvalue weighted by Crippen LogP contribution is 2.23. The molecule has 0 spiro atoms. The predicted molar refractivity (Wildman–Crippen MR) is 81.6 cm³/mol. The van der Waals surface area contributed by atoms with Gasteiger partial charge in [0.2, 0.25) is 5.91 Å². The molecule has 1 unspecified atom stereocenters. The molecule has 1 aliphatic rings. The molecule has 0 aliphatic carbocycles. The number of likely N-dealkylation sites (tertiary alicyclic amines) is 1. The highest BCUT2D eigenvalue weighted by Gasteiger charge is 2.25. The zero-order chi connectivity index (χ0) is 15.4. The van der Waals surface area contributed by atoms with Crippen LogP contribution in [0.4, 0.5) is 5.69 Å². The van der Waals surface area contributed by atoms with Crippen molar-refractivity contribution in [3.8, 4) is 0 Å². The molecule has 0 saturated carbocycles. The maximum Gasteiger partial charge on any atom is 0.303 e. The van der Waals surface area contributed by atoms with Gasteiger partial charge in [0.25, 0.3) is 0 Å². The first-order valence-corrected chi connectivity index (χ1v) is 7.32. The first kappa shape index (κ1) is 15.8. The number of carboxylic acids is 1. The molecule has 114 valence electrons. The van der Waals surface area contributed by atoms with E-state index in [0.29, 0.717) is 17.3 Å². The normalized spacial score (nSPS) is 18.7. The number of hydrogen-bond donors (Lipinski definition) is 2. The number of hydrogen-bond acceptors (Lipinski definition) is 3. The largest absolute Gasteiger partial charge is 0.481 e. The first-order valence-electron chi connectivity index (χ1n) is 6.94. The molecule has 1 aliphatic heterocycles. The van der Waals surface area contributed by atoms with Gasteiger partial charge in [0, 0.05) is 13.0 Å². The molecule has 0 aromatic heterocycles. The Morgan fingerprint density at radius 2 is 2.24 bits per heavy atom. The van der Waals surface area contributed by atoms with Crippen LogP contribution in [0.5, 0.6) is 0 Å². The third-order valence-corrected chi connectivity index (χ3v) is 3.91. The zero-order valence-electron chi connectivity index (χ0n) is 11.9. The summed E-state index contributed by atoms with van der Waals surface area (Å²) in [6.45, 7) is 3.61. The maximum absolute atomic E-state index is 12.0. The Balaban J connectivity index is 1.84. The molecule has 1 amide bonds. The minimum absolute atomic E-state index is 0.128. The monoisotopic (exact) mass is 310 g/mol. The van der Waals surface area contributed by atoms with E-state index in [9.17, 15) is 9.59 Å². The van der Waals surface area contributed by atoms with Gasteiger partial charge in [-0.15, -0.1) is 0 Å². The fourth-order valence-electron chi connectivity index (χ4n) is 2.58. The second kappa shape index (κ2) is 6.91. The van der Waals surface area contributed by atoms with E-state index in [0.717, 1.165) is 18.5 Å². The standard InChI is InChI=1S/C15H19ClN2O3/c1-10-2-3-13(12(16)6-10)17-14(19)9-18-5-4-11(8-18)7-15(20)21/h2-3,6,11H,4-5,7-9H2,1H3,(H,17,19)(H,20,21). The number of amides is 1. The number of aliphatic carboxylic acids is 1. The van der Waals surface area contributed by atoms with Crippen LogP contribution in [0.1, 0.15) is 18.4 Å². The van der Waals surface area contributed by atoms with Crippen LogP contribution in [-0.4, -0.2) is 41.5 Å². The summed E-state index contributed by atoms with van der Waals surface area (Å²) >= 11 is 6.08. The minimum atomic E-state index is -0.780. The molecule has 2 N–H and O–H groups in total. The van der Waals surface area contributed by atoms with Crippen LogP contribution in [0.2, 0.25) is 5.02 Å². The van der Waals surface area contributed by atoms with Crippen molar-refractivity contribution in [2.75, 3.05) is 25.0 Å². The van der Waals surface area contributed by atoms with Crippen molar-refractivity contribution in [2.45, 2.75) is 19.8 Å². The summed E-state index contributed by atoms with van der Waals surface area (Å²) in [6.07, 6.45) is 0.993. The van der Waals surface area contributed by atoms with E-state index in [2.05, 4.69) is 5.32 Å². The van der Waals surface area contributed by atoms with Crippen molar-refractivity contribution >= 4 is 29.2 Å². The number of anilines is 1. The number of halogens is 1. The van der Waals surface area contributed by atoms with Crippen molar-refractivity contribution in [2.24, 2.45) is 5.92 Å². The fraction of sp³-hybridized carbons (Fsp3) is 0.467. The van der Waals surface area contributed by atoms with Gasteiger partial charge >= 0.3 is 5.97 Å². The Bertz CT molecular complexity index is 548. The lowest BCUT2D eigenvalue weighted by Gasteiger charge is -2.15.